The molecule has 0 saturated carbocycles. The van der Waals surface area contributed by atoms with Crippen LogP contribution in [0.5, 0.6) is 0 Å². The van der Waals surface area contributed by atoms with Gasteiger partial charge in [0.15, 0.2) is 0 Å². The Kier molecular flexibility index (Phi) is 4.84. The summed E-state index contributed by atoms with van der Waals surface area (Å²) in [6.07, 6.45) is 6.91. The van der Waals surface area contributed by atoms with Crippen LogP contribution in [-0.4, -0.2) is 15.5 Å². The minimum Gasteiger partial charge on any atom is -0.310 e. The highest BCUT2D eigenvalue weighted by atomic mass is 32.1. The van der Waals surface area contributed by atoms with Crippen molar-refractivity contribution in [1.29, 1.82) is 0 Å². The molecule has 160 valence electrons. The van der Waals surface area contributed by atoms with Gasteiger partial charge in [-0.1, -0.05) is 48.5 Å². The standard InChI is InChI=1S/C27H25N3OS/c31-27(28-20-12-5-2-6-13-20)30-18-22-21-14-7-8-16-24(21)32-26(22)29-17-9-15-23(29)25(30)19-10-3-1-4-11-19/h1-6,9-13,15,17,25H,7-8,14,16,18H2,(H,28,31). The lowest BCUT2D eigenvalue weighted by Gasteiger charge is -2.31. The fourth-order valence-electron chi connectivity index (χ4n) is 5.09. The lowest BCUT2D eigenvalue weighted by Crippen LogP contribution is -2.38. The largest absolute Gasteiger partial charge is 0.322 e. The van der Waals surface area contributed by atoms with Crippen LogP contribution in [0.15, 0.2) is 79.0 Å². The van der Waals surface area contributed by atoms with Gasteiger partial charge in [0, 0.05) is 22.3 Å². The Hall–Kier alpha value is -3.31. The number of aryl methyl sites for hydroxylation is 1. The van der Waals surface area contributed by atoms with Gasteiger partial charge in [0.05, 0.1) is 18.3 Å². The Bertz CT molecular complexity index is 1260. The van der Waals surface area contributed by atoms with E-state index in [0.29, 0.717) is 6.54 Å². The lowest BCUT2D eigenvalue weighted by molar-refractivity contribution is 0.194. The molecular weight excluding hydrogens is 414 g/mol. The molecule has 2 amide bonds. The maximum absolute atomic E-state index is 13.7. The van der Waals surface area contributed by atoms with E-state index in [1.165, 1.54) is 33.8 Å². The molecule has 32 heavy (non-hydrogen) atoms. The van der Waals surface area contributed by atoms with E-state index in [1.807, 2.05) is 52.6 Å². The Labute approximate surface area is 192 Å². The number of nitrogens with zero attached hydrogens (tertiary/aromatic N) is 2. The molecule has 6 rings (SSSR count). The third-order valence-electron chi connectivity index (χ3n) is 6.58. The third kappa shape index (κ3) is 3.24. The molecule has 0 saturated heterocycles. The van der Waals surface area contributed by atoms with Crippen molar-refractivity contribution in [3.8, 4) is 5.00 Å². The molecule has 2 aliphatic rings. The summed E-state index contributed by atoms with van der Waals surface area (Å²) in [4.78, 5) is 17.3. The van der Waals surface area contributed by atoms with E-state index in [9.17, 15) is 4.79 Å². The Balaban J connectivity index is 1.51. The molecule has 4 nitrogen and oxygen atoms in total. The summed E-state index contributed by atoms with van der Waals surface area (Å²) in [5.41, 5.74) is 5.87. The average Bonchev–Trinajstić information content (AvgIpc) is 3.42. The average molecular weight is 440 g/mol. The summed E-state index contributed by atoms with van der Waals surface area (Å²) in [6.45, 7) is 0.612. The molecule has 0 fully saturated rings. The molecular formula is C27H25N3OS. The van der Waals surface area contributed by atoms with Gasteiger partial charge in [-0.2, -0.15) is 0 Å². The van der Waals surface area contributed by atoms with Gasteiger partial charge in [-0.05, 0) is 61.1 Å². The highest BCUT2D eigenvalue weighted by molar-refractivity contribution is 7.15. The zero-order chi connectivity index (χ0) is 21.5. The van der Waals surface area contributed by atoms with E-state index in [0.717, 1.165) is 29.8 Å². The summed E-state index contributed by atoms with van der Waals surface area (Å²) in [7, 11) is 0. The van der Waals surface area contributed by atoms with Crippen LogP contribution in [0.25, 0.3) is 5.00 Å². The van der Waals surface area contributed by atoms with E-state index in [1.54, 1.807) is 0 Å². The van der Waals surface area contributed by atoms with Crippen molar-refractivity contribution >= 4 is 23.1 Å². The minimum atomic E-state index is -0.159. The topological polar surface area (TPSA) is 37.3 Å². The number of nitrogens with one attached hydrogen (secondary N) is 1. The van der Waals surface area contributed by atoms with Crippen LogP contribution in [0, 0.1) is 0 Å². The molecule has 0 bridgehead atoms. The van der Waals surface area contributed by atoms with Crippen LogP contribution in [0.1, 0.15) is 46.1 Å². The first-order valence-corrected chi connectivity index (χ1v) is 12.1. The van der Waals surface area contributed by atoms with Gasteiger partial charge in [0.25, 0.3) is 0 Å². The first-order chi connectivity index (χ1) is 15.8. The number of benzene rings is 2. The number of fused-ring (bicyclic) bond motifs is 5. The van der Waals surface area contributed by atoms with Crippen LogP contribution < -0.4 is 5.32 Å². The summed E-state index contributed by atoms with van der Waals surface area (Å²) < 4.78 is 2.33. The molecule has 1 aliphatic heterocycles. The van der Waals surface area contributed by atoms with E-state index in [-0.39, 0.29) is 12.1 Å². The molecule has 2 aromatic carbocycles. The maximum atomic E-state index is 13.7. The maximum Gasteiger partial charge on any atom is 0.322 e. The van der Waals surface area contributed by atoms with Gasteiger partial charge in [0.2, 0.25) is 0 Å². The van der Waals surface area contributed by atoms with Crippen molar-refractivity contribution in [2.24, 2.45) is 0 Å². The van der Waals surface area contributed by atoms with Gasteiger partial charge in [-0.3, -0.25) is 0 Å². The zero-order valence-corrected chi connectivity index (χ0v) is 18.6. The number of carbonyl (C=O) groups excluding carboxylic acids is 1. The highest BCUT2D eigenvalue weighted by Gasteiger charge is 2.35. The number of urea groups is 1. The fraction of sp³-hybridized carbons (Fsp3) is 0.222. The number of thiophene rings is 1. The smallest absolute Gasteiger partial charge is 0.310 e. The Morgan fingerprint density at radius 3 is 2.44 bits per heavy atom. The van der Waals surface area contributed by atoms with Crippen LogP contribution in [0.3, 0.4) is 0 Å². The third-order valence-corrected chi connectivity index (χ3v) is 7.91. The molecule has 2 aromatic heterocycles. The number of anilines is 1. The van der Waals surface area contributed by atoms with Crippen LogP contribution >= 0.6 is 11.3 Å². The SMILES string of the molecule is O=C(Nc1ccccc1)N1Cc2c(sc3c2CCCC3)-n2cccc2C1c1ccccc1. The van der Waals surface area contributed by atoms with Crippen molar-refractivity contribution in [1.82, 2.24) is 9.47 Å². The molecule has 0 spiro atoms. The molecule has 0 radical (unpaired) electrons. The van der Waals surface area contributed by atoms with Gasteiger partial charge in [-0.25, -0.2) is 4.79 Å². The van der Waals surface area contributed by atoms with Crippen molar-refractivity contribution in [3.05, 3.63) is 106 Å². The van der Waals surface area contributed by atoms with Crippen molar-refractivity contribution in [2.75, 3.05) is 5.32 Å². The molecule has 3 heterocycles. The summed E-state index contributed by atoms with van der Waals surface area (Å²) in [5, 5.41) is 4.43. The van der Waals surface area contributed by atoms with E-state index in [4.69, 9.17) is 0 Å². The van der Waals surface area contributed by atoms with Gasteiger partial charge in [0.1, 0.15) is 5.00 Å². The number of hydrogen-bond acceptors (Lipinski definition) is 2. The molecule has 1 unspecified atom stereocenters. The second kappa shape index (κ2) is 7.99. The quantitative estimate of drug-likeness (QED) is 0.378. The van der Waals surface area contributed by atoms with Gasteiger partial charge >= 0.3 is 6.03 Å². The monoisotopic (exact) mass is 439 g/mol. The molecule has 1 N–H and O–H groups in total. The number of carbonyl (C=O) groups is 1. The van der Waals surface area contributed by atoms with Crippen LogP contribution in [-0.2, 0) is 19.4 Å². The van der Waals surface area contributed by atoms with E-state index >= 15 is 0 Å². The van der Waals surface area contributed by atoms with Gasteiger partial charge in [-0.15, -0.1) is 11.3 Å². The van der Waals surface area contributed by atoms with Gasteiger partial charge < -0.3 is 14.8 Å². The minimum absolute atomic E-state index is 0.0681. The van der Waals surface area contributed by atoms with Crippen molar-refractivity contribution in [3.63, 3.8) is 0 Å². The molecule has 4 aromatic rings. The first-order valence-electron chi connectivity index (χ1n) is 11.3. The lowest BCUT2D eigenvalue weighted by atomic mass is 9.95. The Morgan fingerprint density at radius 1 is 0.875 bits per heavy atom. The number of hydrogen-bond donors (Lipinski definition) is 1. The fourth-order valence-corrected chi connectivity index (χ4v) is 6.49. The normalized spacial score (nSPS) is 17.1. The summed E-state index contributed by atoms with van der Waals surface area (Å²) >= 11 is 1.92. The highest BCUT2D eigenvalue weighted by Crippen LogP contribution is 2.44. The molecule has 1 aliphatic carbocycles. The predicted molar refractivity (Wildman–Crippen MR) is 130 cm³/mol. The zero-order valence-electron chi connectivity index (χ0n) is 17.8. The van der Waals surface area contributed by atoms with Crippen LogP contribution in [0.2, 0.25) is 0 Å². The first kappa shape index (κ1) is 19.4. The number of rotatable bonds is 2. The summed E-state index contributed by atoms with van der Waals surface area (Å²) in [6, 6.07) is 24.2. The summed E-state index contributed by atoms with van der Waals surface area (Å²) in [5.74, 6) is 0. The molecule has 1 atom stereocenters. The molecule has 5 heteroatoms. The number of aromatic nitrogens is 1. The Morgan fingerprint density at radius 2 is 1.62 bits per heavy atom. The van der Waals surface area contributed by atoms with Crippen LogP contribution in [0.4, 0.5) is 10.5 Å². The number of para-hydroxylation sites is 1. The van der Waals surface area contributed by atoms with E-state index < -0.39 is 0 Å². The number of amides is 2. The second-order valence-electron chi connectivity index (χ2n) is 8.53. The van der Waals surface area contributed by atoms with Crippen molar-refractivity contribution in [2.45, 2.75) is 38.3 Å². The predicted octanol–water partition coefficient (Wildman–Crippen LogP) is 6.55. The second-order valence-corrected chi connectivity index (χ2v) is 9.62. The van der Waals surface area contributed by atoms with Crippen molar-refractivity contribution < 1.29 is 4.79 Å². The van der Waals surface area contributed by atoms with E-state index in [2.05, 4.69) is 52.5 Å².